The number of aromatic nitrogens is 1. The van der Waals surface area contributed by atoms with Gasteiger partial charge in [0.2, 0.25) is 0 Å². The van der Waals surface area contributed by atoms with Gasteiger partial charge in [-0.2, -0.15) is 11.8 Å². The molecule has 1 aliphatic heterocycles. The van der Waals surface area contributed by atoms with Gasteiger partial charge in [0.25, 0.3) is 5.91 Å². The molecule has 1 saturated heterocycles. The number of thioether (sulfide) groups is 1. The number of amidine groups is 1. The Hall–Kier alpha value is -1.67. The van der Waals surface area contributed by atoms with E-state index in [1.165, 1.54) is 11.5 Å². The van der Waals surface area contributed by atoms with Crippen LogP contribution >= 0.6 is 11.8 Å². The Bertz CT molecular complexity index is 565. The minimum absolute atomic E-state index is 0.0994. The van der Waals surface area contributed by atoms with E-state index in [2.05, 4.69) is 20.5 Å². The standard InChI is InChI=1S/C16H28N6OS/c1-18-13-11-14(21(2)12-13)16(23)20-4-3-15(17)19-5-6-22-7-9-24-10-8-22/h11-12,18H,3-10H2,1-2H3,(H2,17,19)(H,20,23). The number of carbonyl (C=O) groups excluding carboxylic acids is 1. The molecule has 134 valence electrons. The number of rotatable bonds is 8. The summed E-state index contributed by atoms with van der Waals surface area (Å²) in [6.45, 7) is 4.47. The zero-order valence-electron chi connectivity index (χ0n) is 14.5. The number of amides is 1. The van der Waals surface area contributed by atoms with Crippen molar-refractivity contribution in [3.63, 3.8) is 0 Å². The number of hydrogen-bond acceptors (Lipinski definition) is 5. The number of nitrogens with one attached hydrogen (secondary N) is 2. The maximum absolute atomic E-state index is 12.1. The number of carbonyl (C=O) groups is 1. The molecule has 0 aromatic carbocycles. The topological polar surface area (TPSA) is 87.7 Å². The molecule has 7 nitrogen and oxygen atoms in total. The van der Waals surface area contributed by atoms with Crippen LogP contribution in [0.25, 0.3) is 0 Å². The average Bonchev–Trinajstić information content (AvgIpc) is 2.97. The van der Waals surface area contributed by atoms with E-state index >= 15 is 0 Å². The van der Waals surface area contributed by atoms with Crippen LogP contribution in [0.3, 0.4) is 0 Å². The molecule has 8 heteroatoms. The summed E-state index contributed by atoms with van der Waals surface area (Å²) in [7, 11) is 3.68. The van der Waals surface area contributed by atoms with E-state index in [-0.39, 0.29) is 5.91 Å². The molecule has 1 amide bonds. The first-order valence-electron chi connectivity index (χ1n) is 8.31. The highest BCUT2D eigenvalue weighted by atomic mass is 32.2. The van der Waals surface area contributed by atoms with Gasteiger partial charge in [-0.25, -0.2) is 0 Å². The lowest BCUT2D eigenvalue weighted by Crippen LogP contribution is -2.35. The first-order valence-corrected chi connectivity index (χ1v) is 9.47. The second-order valence-corrected chi connectivity index (χ2v) is 7.03. The van der Waals surface area contributed by atoms with Gasteiger partial charge in [-0.1, -0.05) is 0 Å². The predicted octanol–water partition coefficient (Wildman–Crippen LogP) is 0.593. The zero-order valence-corrected chi connectivity index (χ0v) is 15.4. The van der Waals surface area contributed by atoms with E-state index in [0.29, 0.717) is 24.5 Å². The SMILES string of the molecule is CNc1cc(C(=O)NCCC(N)=NCCN2CCSCC2)n(C)c1. The van der Waals surface area contributed by atoms with Gasteiger partial charge < -0.3 is 20.9 Å². The molecule has 0 atom stereocenters. The number of hydrogen-bond donors (Lipinski definition) is 3. The third kappa shape index (κ3) is 5.76. The molecule has 0 saturated carbocycles. The first kappa shape index (κ1) is 18.7. The van der Waals surface area contributed by atoms with Gasteiger partial charge >= 0.3 is 0 Å². The van der Waals surface area contributed by atoms with E-state index in [1.54, 1.807) is 4.57 Å². The maximum Gasteiger partial charge on any atom is 0.267 e. The summed E-state index contributed by atoms with van der Waals surface area (Å²) in [4.78, 5) is 19.0. The van der Waals surface area contributed by atoms with Gasteiger partial charge in [0.1, 0.15) is 5.69 Å². The fourth-order valence-electron chi connectivity index (χ4n) is 2.56. The summed E-state index contributed by atoms with van der Waals surface area (Å²) in [6.07, 6.45) is 2.45. The van der Waals surface area contributed by atoms with Crippen LogP contribution in [0.5, 0.6) is 0 Å². The Morgan fingerprint density at radius 1 is 1.42 bits per heavy atom. The van der Waals surface area contributed by atoms with Crippen LogP contribution in [0.4, 0.5) is 5.69 Å². The predicted molar refractivity (Wildman–Crippen MR) is 102 cm³/mol. The Kier molecular flexibility index (Phi) is 7.45. The number of aliphatic imine (C=N–C) groups is 1. The number of nitrogens with zero attached hydrogens (tertiary/aromatic N) is 3. The summed E-state index contributed by atoms with van der Waals surface area (Å²) in [5.74, 6) is 2.92. The maximum atomic E-state index is 12.1. The van der Waals surface area contributed by atoms with Crippen LogP contribution in [-0.2, 0) is 7.05 Å². The van der Waals surface area contributed by atoms with Crippen molar-refractivity contribution in [3.05, 3.63) is 18.0 Å². The number of anilines is 1. The summed E-state index contributed by atoms with van der Waals surface area (Å²) >= 11 is 2.01. The highest BCUT2D eigenvalue weighted by Gasteiger charge is 2.11. The Labute approximate surface area is 148 Å². The van der Waals surface area contributed by atoms with Crippen molar-refractivity contribution in [2.24, 2.45) is 17.8 Å². The minimum Gasteiger partial charge on any atom is -0.387 e. The molecule has 24 heavy (non-hydrogen) atoms. The highest BCUT2D eigenvalue weighted by Crippen LogP contribution is 2.11. The normalized spacial score (nSPS) is 16.2. The lowest BCUT2D eigenvalue weighted by atomic mass is 10.3. The third-order valence-corrected chi connectivity index (χ3v) is 4.97. The number of aryl methyl sites for hydroxylation is 1. The molecule has 2 heterocycles. The van der Waals surface area contributed by atoms with Crippen LogP contribution in [-0.4, -0.2) is 72.5 Å². The van der Waals surface area contributed by atoms with Crippen LogP contribution in [0.15, 0.2) is 17.3 Å². The van der Waals surface area contributed by atoms with Gasteiger partial charge in [-0.05, 0) is 6.07 Å². The van der Waals surface area contributed by atoms with Crippen molar-refractivity contribution < 1.29 is 4.79 Å². The van der Waals surface area contributed by atoms with Crippen LogP contribution in [0.2, 0.25) is 0 Å². The summed E-state index contributed by atoms with van der Waals surface area (Å²) < 4.78 is 1.80. The van der Waals surface area contributed by atoms with Crippen LogP contribution in [0.1, 0.15) is 16.9 Å². The fraction of sp³-hybridized carbons (Fsp3) is 0.625. The van der Waals surface area contributed by atoms with Crippen molar-refractivity contribution in [2.75, 3.05) is 56.6 Å². The largest absolute Gasteiger partial charge is 0.387 e. The number of nitrogens with two attached hydrogens (primary N) is 1. The fourth-order valence-corrected chi connectivity index (χ4v) is 3.54. The third-order valence-electron chi connectivity index (χ3n) is 4.03. The molecule has 1 aromatic rings. The molecule has 2 rings (SSSR count). The van der Waals surface area contributed by atoms with Crippen molar-refractivity contribution in [1.29, 1.82) is 0 Å². The van der Waals surface area contributed by atoms with E-state index in [1.807, 2.05) is 38.1 Å². The molecular formula is C16H28N6OS. The van der Waals surface area contributed by atoms with E-state index in [0.717, 1.165) is 31.9 Å². The van der Waals surface area contributed by atoms with Gasteiger partial charge in [0, 0.05) is 64.4 Å². The molecule has 0 spiro atoms. The highest BCUT2D eigenvalue weighted by molar-refractivity contribution is 7.99. The molecular weight excluding hydrogens is 324 g/mol. The Morgan fingerprint density at radius 3 is 2.83 bits per heavy atom. The van der Waals surface area contributed by atoms with E-state index in [9.17, 15) is 4.79 Å². The second-order valence-electron chi connectivity index (χ2n) is 5.81. The molecule has 4 N–H and O–H groups in total. The van der Waals surface area contributed by atoms with Crippen molar-refractivity contribution in [3.8, 4) is 0 Å². The zero-order chi connectivity index (χ0) is 17.4. The summed E-state index contributed by atoms with van der Waals surface area (Å²) in [6, 6.07) is 1.82. The van der Waals surface area contributed by atoms with Gasteiger partial charge in [0.15, 0.2) is 0 Å². The van der Waals surface area contributed by atoms with Crippen molar-refractivity contribution >= 4 is 29.2 Å². The monoisotopic (exact) mass is 352 g/mol. The molecule has 1 aromatic heterocycles. The van der Waals surface area contributed by atoms with Gasteiger partial charge in [-0.3, -0.25) is 14.7 Å². The van der Waals surface area contributed by atoms with Crippen molar-refractivity contribution in [1.82, 2.24) is 14.8 Å². The van der Waals surface area contributed by atoms with Crippen molar-refractivity contribution in [2.45, 2.75) is 6.42 Å². The molecule has 0 bridgehead atoms. The van der Waals surface area contributed by atoms with Gasteiger partial charge in [0.05, 0.1) is 18.1 Å². The van der Waals surface area contributed by atoms with Crippen LogP contribution < -0.4 is 16.4 Å². The van der Waals surface area contributed by atoms with E-state index in [4.69, 9.17) is 5.73 Å². The smallest absolute Gasteiger partial charge is 0.267 e. The van der Waals surface area contributed by atoms with Gasteiger partial charge in [-0.15, -0.1) is 0 Å². The second kappa shape index (κ2) is 9.58. The minimum atomic E-state index is -0.0994. The molecule has 0 unspecified atom stereocenters. The summed E-state index contributed by atoms with van der Waals surface area (Å²) in [5.41, 5.74) is 7.47. The summed E-state index contributed by atoms with van der Waals surface area (Å²) in [5, 5.41) is 5.91. The lowest BCUT2D eigenvalue weighted by Gasteiger charge is -2.25. The molecule has 1 fully saturated rings. The molecule has 0 aliphatic carbocycles. The Balaban J connectivity index is 1.67. The molecule has 1 aliphatic rings. The molecule has 0 radical (unpaired) electrons. The Morgan fingerprint density at radius 2 is 2.17 bits per heavy atom. The average molecular weight is 353 g/mol. The quantitative estimate of drug-likeness (QED) is 0.471. The van der Waals surface area contributed by atoms with E-state index < -0.39 is 0 Å². The first-order chi connectivity index (χ1) is 11.6. The van der Waals surface area contributed by atoms with Crippen LogP contribution in [0, 0.1) is 0 Å². The lowest BCUT2D eigenvalue weighted by molar-refractivity contribution is 0.0946.